The number of aryl methyl sites for hydroxylation is 2. The van der Waals surface area contributed by atoms with Crippen molar-refractivity contribution in [2.45, 2.75) is 58.6 Å². The van der Waals surface area contributed by atoms with Gasteiger partial charge in [-0.25, -0.2) is 0 Å². The van der Waals surface area contributed by atoms with Crippen molar-refractivity contribution in [3.8, 4) is 5.75 Å². The monoisotopic (exact) mass is 247 g/mol. The van der Waals surface area contributed by atoms with E-state index in [9.17, 15) is 0 Å². The van der Waals surface area contributed by atoms with Gasteiger partial charge in [0.1, 0.15) is 11.9 Å². The van der Waals surface area contributed by atoms with Gasteiger partial charge in [0.2, 0.25) is 0 Å². The van der Waals surface area contributed by atoms with Crippen LogP contribution in [0.3, 0.4) is 0 Å². The minimum Gasteiger partial charge on any atom is -0.489 e. The number of hydrogen-bond donors (Lipinski definition) is 1. The fourth-order valence-electron chi connectivity index (χ4n) is 2.35. The van der Waals surface area contributed by atoms with E-state index in [4.69, 9.17) is 4.74 Å². The molecule has 0 aromatic heterocycles. The van der Waals surface area contributed by atoms with E-state index >= 15 is 0 Å². The third-order valence-electron chi connectivity index (χ3n) is 3.33. The third-order valence-corrected chi connectivity index (χ3v) is 3.33. The minimum atomic E-state index is 0.148. The molecule has 0 amide bonds. The summed E-state index contributed by atoms with van der Waals surface area (Å²) in [4.78, 5) is 0. The predicted molar refractivity (Wildman–Crippen MR) is 76.3 cm³/mol. The van der Waals surface area contributed by atoms with Crippen molar-refractivity contribution in [2.24, 2.45) is 0 Å². The fourth-order valence-corrected chi connectivity index (χ4v) is 2.35. The van der Waals surface area contributed by atoms with E-state index < -0.39 is 0 Å². The predicted octanol–water partition coefficient (Wildman–Crippen LogP) is 3.33. The van der Waals surface area contributed by atoms with Gasteiger partial charge in [-0.1, -0.05) is 6.07 Å². The Balaban J connectivity index is 1.89. The van der Waals surface area contributed by atoms with E-state index in [-0.39, 0.29) is 11.6 Å². The van der Waals surface area contributed by atoms with Gasteiger partial charge in [-0.15, -0.1) is 0 Å². The lowest BCUT2D eigenvalue weighted by Gasteiger charge is -2.24. The summed E-state index contributed by atoms with van der Waals surface area (Å²) in [7, 11) is 0. The average Bonchev–Trinajstić information content (AvgIpc) is 2.72. The highest BCUT2D eigenvalue weighted by molar-refractivity contribution is 5.38. The minimum absolute atomic E-state index is 0.148. The SMILES string of the molecule is CC(CNC(C)(C)C)Oc1ccc2c(c1)CCC2. The van der Waals surface area contributed by atoms with Crippen LogP contribution in [-0.2, 0) is 12.8 Å². The van der Waals surface area contributed by atoms with Gasteiger partial charge in [0.05, 0.1) is 0 Å². The molecular weight excluding hydrogens is 222 g/mol. The molecule has 0 heterocycles. The van der Waals surface area contributed by atoms with Crippen molar-refractivity contribution in [3.05, 3.63) is 29.3 Å². The summed E-state index contributed by atoms with van der Waals surface area (Å²) in [5.74, 6) is 1.01. The Kier molecular flexibility index (Phi) is 3.96. The summed E-state index contributed by atoms with van der Waals surface area (Å²) in [5, 5.41) is 3.47. The van der Waals surface area contributed by atoms with Crippen LogP contribution in [0.2, 0.25) is 0 Å². The maximum Gasteiger partial charge on any atom is 0.120 e. The van der Waals surface area contributed by atoms with Crippen LogP contribution in [0.15, 0.2) is 18.2 Å². The van der Waals surface area contributed by atoms with Crippen molar-refractivity contribution in [1.29, 1.82) is 0 Å². The van der Waals surface area contributed by atoms with Gasteiger partial charge in [-0.3, -0.25) is 0 Å². The maximum absolute atomic E-state index is 5.97. The Morgan fingerprint density at radius 2 is 1.94 bits per heavy atom. The van der Waals surface area contributed by atoms with Crippen LogP contribution in [0.4, 0.5) is 0 Å². The van der Waals surface area contributed by atoms with E-state index in [1.54, 1.807) is 0 Å². The van der Waals surface area contributed by atoms with Crippen LogP contribution in [0, 0.1) is 0 Å². The molecule has 0 saturated heterocycles. The van der Waals surface area contributed by atoms with E-state index in [1.165, 1.54) is 30.4 Å². The van der Waals surface area contributed by atoms with Crippen molar-refractivity contribution in [1.82, 2.24) is 5.32 Å². The topological polar surface area (TPSA) is 21.3 Å². The highest BCUT2D eigenvalue weighted by Crippen LogP contribution is 2.26. The van der Waals surface area contributed by atoms with Gasteiger partial charge in [0.25, 0.3) is 0 Å². The average molecular weight is 247 g/mol. The molecule has 1 aromatic carbocycles. The second kappa shape index (κ2) is 5.31. The summed E-state index contributed by atoms with van der Waals surface area (Å²) in [6, 6.07) is 6.55. The smallest absolute Gasteiger partial charge is 0.120 e. The first-order chi connectivity index (χ1) is 8.44. The van der Waals surface area contributed by atoms with Gasteiger partial charge < -0.3 is 10.1 Å². The molecular formula is C16H25NO. The fraction of sp³-hybridized carbons (Fsp3) is 0.625. The molecule has 1 atom stereocenters. The first-order valence-corrected chi connectivity index (χ1v) is 6.97. The maximum atomic E-state index is 5.97. The van der Waals surface area contributed by atoms with E-state index in [0.29, 0.717) is 0 Å². The molecule has 100 valence electrons. The van der Waals surface area contributed by atoms with Crippen molar-refractivity contribution >= 4 is 0 Å². The number of ether oxygens (including phenoxy) is 1. The van der Waals surface area contributed by atoms with Crippen LogP contribution in [-0.4, -0.2) is 18.2 Å². The van der Waals surface area contributed by atoms with Crippen LogP contribution in [0.1, 0.15) is 45.2 Å². The zero-order chi connectivity index (χ0) is 13.2. The molecule has 0 fully saturated rings. The lowest BCUT2D eigenvalue weighted by Crippen LogP contribution is -2.41. The van der Waals surface area contributed by atoms with Gasteiger partial charge in [-0.2, -0.15) is 0 Å². The number of fused-ring (bicyclic) bond motifs is 1. The van der Waals surface area contributed by atoms with Crippen molar-refractivity contribution < 1.29 is 4.74 Å². The standard InChI is InChI=1S/C16H25NO/c1-12(11-17-16(2,3)4)18-15-9-8-13-6-5-7-14(13)10-15/h8-10,12,17H,5-7,11H2,1-4H3. The molecule has 2 rings (SSSR count). The molecule has 1 unspecified atom stereocenters. The molecule has 0 bridgehead atoms. The van der Waals surface area contributed by atoms with Crippen molar-refractivity contribution in [2.75, 3.05) is 6.54 Å². The van der Waals surface area contributed by atoms with Gasteiger partial charge in [0, 0.05) is 12.1 Å². The van der Waals surface area contributed by atoms with Crippen LogP contribution >= 0.6 is 0 Å². The largest absolute Gasteiger partial charge is 0.489 e. The molecule has 1 aromatic rings. The molecule has 0 radical (unpaired) electrons. The zero-order valence-electron chi connectivity index (χ0n) is 12.0. The molecule has 0 spiro atoms. The van der Waals surface area contributed by atoms with Crippen molar-refractivity contribution in [3.63, 3.8) is 0 Å². The summed E-state index contributed by atoms with van der Waals surface area (Å²) in [6.07, 6.45) is 3.93. The number of benzene rings is 1. The Morgan fingerprint density at radius 3 is 2.67 bits per heavy atom. The molecule has 2 heteroatoms. The van der Waals surface area contributed by atoms with Crippen LogP contribution in [0.25, 0.3) is 0 Å². The Labute approximate surface area is 111 Å². The van der Waals surface area contributed by atoms with Gasteiger partial charge >= 0.3 is 0 Å². The first kappa shape index (κ1) is 13.4. The molecule has 0 saturated carbocycles. The van der Waals surface area contributed by atoms with Gasteiger partial charge in [0.15, 0.2) is 0 Å². The Hall–Kier alpha value is -1.02. The van der Waals surface area contributed by atoms with E-state index in [1.807, 2.05) is 0 Å². The summed E-state index contributed by atoms with van der Waals surface area (Å²) in [5.41, 5.74) is 3.13. The lowest BCUT2D eigenvalue weighted by atomic mass is 10.1. The summed E-state index contributed by atoms with van der Waals surface area (Å²) in [6.45, 7) is 9.52. The number of rotatable bonds is 4. The first-order valence-electron chi connectivity index (χ1n) is 6.97. The normalized spacial score (nSPS) is 16.4. The highest BCUT2D eigenvalue weighted by Gasteiger charge is 2.14. The Morgan fingerprint density at radius 1 is 1.22 bits per heavy atom. The summed E-state index contributed by atoms with van der Waals surface area (Å²) >= 11 is 0. The Bertz CT molecular complexity index is 406. The van der Waals surface area contributed by atoms with Crippen LogP contribution < -0.4 is 10.1 Å². The molecule has 1 aliphatic rings. The molecule has 2 nitrogen and oxygen atoms in total. The quantitative estimate of drug-likeness (QED) is 0.881. The van der Waals surface area contributed by atoms with Crippen LogP contribution in [0.5, 0.6) is 5.75 Å². The molecule has 1 aliphatic carbocycles. The third kappa shape index (κ3) is 3.74. The molecule has 18 heavy (non-hydrogen) atoms. The molecule has 0 aliphatic heterocycles. The number of nitrogens with one attached hydrogen (secondary N) is 1. The lowest BCUT2D eigenvalue weighted by molar-refractivity contribution is 0.203. The second-order valence-corrected chi connectivity index (χ2v) is 6.34. The second-order valence-electron chi connectivity index (χ2n) is 6.34. The van der Waals surface area contributed by atoms with E-state index in [0.717, 1.165) is 12.3 Å². The van der Waals surface area contributed by atoms with Gasteiger partial charge in [-0.05, 0) is 70.2 Å². The number of hydrogen-bond acceptors (Lipinski definition) is 2. The van der Waals surface area contributed by atoms with E-state index in [2.05, 4.69) is 51.2 Å². The highest BCUT2D eigenvalue weighted by atomic mass is 16.5. The summed E-state index contributed by atoms with van der Waals surface area (Å²) < 4.78 is 5.97. The zero-order valence-corrected chi connectivity index (χ0v) is 12.0. The molecule has 1 N–H and O–H groups in total.